The van der Waals surface area contributed by atoms with Gasteiger partial charge in [0.15, 0.2) is 0 Å². The van der Waals surface area contributed by atoms with Gasteiger partial charge in [-0.25, -0.2) is 4.98 Å². The number of nitrogens with zero attached hydrogens (tertiary/aromatic N) is 1. The summed E-state index contributed by atoms with van der Waals surface area (Å²) in [5.74, 6) is 0.683. The summed E-state index contributed by atoms with van der Waals surface area (Å²) >= 11 is 3.53. The number of nitrogens with one attached hydrogen (secondary N) is 2. The number of ketones is 1. The monoisotopic (exact) mass is 587 g/mol. The molecule has 1 aromatic heterocycles. The van der Waals surface area contributed by atoms with Gasteiger partial charge in [0.1, 0.15) is 29.7 Å². The number of pyridine rings is 1. The smallest absolute Gasteiger partial charge is 0.255 e. The lowest BCUT2D eigenvalue weighted by Crippen LogP contribution is -2.41. The number of allylic oxidation sites excluding steroid dienone is 3. The maximum atomic E-state index is 13.7. The molecule has 0 radical (unpaired) electrons. The Morgan fingerprint density at radius 1 is 1.10 bits per heavy atom. The van der Waals surface area contributed by atoms with Crippen LogP contribution in [0.15, 0.2) is 88.3 Å². The van der Waals surface area contributed by atoms with E-state index in [1.54, 1.807) is 19.4 Å². The molecule has 8 heteroatoms. The number of methoxy groups -OCH3 is 1. The predicted molar refractivity (Wildman–Crippen MR) is 153 cm³/mol. The Bertz CT molecular complexity index is 1480. The largest absolute Gasteiger partial charge is 0.496 e. The van der Waals surface area contributed by atoms with Crippen LogP contribution in [0.25, 0.3) is 0 Å². The zero-order valence-electron chi connectivity index (χ0n) is 22.1. The van der Waals surface area contributed by atoms with Crippen LogP contribution in [-0.2, 0) is 16.2 Å². The number of hydrogen-bond acceptors (Lipinski definition) is 6. The first-order chi connectivity index (χ1) is 18.9. The SMILES string of the molecule is COc1ccc(C2C(C(=O)Nc3ccc(C)cn3)=C(C)NC3=CCCC(=O)C32)cc1COc1ccccc1Br. The second-order valence-corrected chi connectivity index (χ2v) is 10.6. The van der Waals surface area contributed by atoms with Crippen LogP contribution in [0.4, 0.5) is 5.82 Å². The highest BCUT2D eigenvalue weighted by molar-refractivity contribution is 9.10. The maximum Gasteiger partial charge on any atom is 0.255 e. The van der Waals surface area contributed by atoms with Gasteiger partial charge in [0.25, 0.3) is 5.91 Å². The van der Waals surface area contributed by atoms with Crippen molar-refractivity contribution in [3.8, 4) is 11.5 Å². The van der Waals surface area contributed by atoms with Crippen molar-refractivity contribution in [2.24, 2.45) is 5.92 Å². The molecule has 2 unspecified atom stereocenters. The number of rotatable bonds is 7. The van der Waals surface area contributed by atoms with Crippen LogP contribution >= 0.6 is 15.9 Å². The van der Waals surface area contributed by atoms with E-state index in [0.29, 0.717) is 41.4 Å². The third-order valence-electron chi connectivity index (χ3n) is 7.10. The molecule has 200 valence electrons. The minimum absolute atomic E-state index is 0.109. The zero-order valence-corrected chi connectivity index (χ0v) is 23.7. The summed E-state index contributed by atoms with van der Waals surface area (Å²) in [6, 6.07) is 17.1. The first-order valence-electron chi connectivity index (χ1n) is 12.8. The minimum atomic E-state index is -0.486. The lowest BCUT2D eigenvalue weighted by Gasteiger charge is -2.38. The predicted octanol–water partition coefficient (Wildman–Crippen LogP) is 6.20. The number of hydrogen-bond donors (Lipinski definition) is 2. The van der Waals surface area contributed by atoms with Crippen molar-refractivity contribution in [2.45, 2.75) is 39.2 Å². The van der Waals surface area contributed by atoms with Crippen LogP contribution in [0.2, 0.25) is 0 Å². The maximum absolute atomic E-state index is 13.7. The fraction of sp³-hybridized carbons (Fsp3) is 0.258. The number of Topliss-reactive ketones (excluding diaryl/α,β-unsaturated/α-hetero) is 1. The molecule has 7 nitrogen and oxygen atoms in total. The van der Waals surface area contributed by atoms with Gasteiger partial charge >= 0.3 is 0 Å². The van der Waals surface area contributed by atoms with Crippen molar-refractivity contribution in [3.63, 3.8) is 0 Å². The number of carbonyl (C=O) groups is 2. The van der Waals surface area contributed by atoms with Gasteiger partial charge in [-0.1, -0.05) is 30.3 Å². The Morgan fingerprint density at radius 2 is 1.92 bits per heavy atom. The van der Waals surface area contributed by atoms with Crippen molar-refractivity contribution in [1.29, 1.82) is 0 Å². The number of amides is 1. The second kappa shape index (κ2) is 11.5. The van der Waals surface area contributed by atoms with Crippen LogP contribution in [0.5, 0.6) is 11.5 Å². The highest BCUT2D eigenvalue weighted by Crippen LogP contribution is 2.44. The lowest BCUT2D eigenvalue weighted by molar-refractivity contribution is -0.122. The van der Waals surface area contributed by atoms with Gasteiger partial charge in [-0.3, -0.25) is 9.59 Å². The number of halogens is 1. The third kappa shape index (κ3) is 5.61. The number of carbonyl (C=O) groups excluding carboxylic acids is 2. The fourth-order valence-electron chi connectivity index (χ4n) is 5.22. The van der Waals surface area contributed by atoms with Gasteiger partial charge in [-0.2, -0.15) is 0 Å². The quantitative estimate of drug-likeness (QED) is 0.342. The Kier molecular flexibility index (Phi) is 7.84. The van der Waals surface area contributed by atoms with Crippen molar-refractivity contribution in [2.75, 3.05) is 12.4 Å². The van der Waals surface area contributed by atoms with E-state index in [1.165, 1.54) is 0 Å². The Labute approximate surface area is 236 Å². The third-order valence-corrected chi connectivity index (χ3v) is 7.75. The standard InChI is InChI=1S/C31H30BrN3O4/c1-18-11-14-27(33-16-18)35-31(37)28-19(2)34-23-8-6-9-24(36)30(23)29(28)20-12-13-25(38-3)21(15-20)17-39-26-10-5-4-7-22(26)32/h4-5,7-8,10-16,29-30,34H,6,9,17H2,1-3H3,(H,33,35,37). The molecule has 0 spiro atoms. The number of anilines is 1. The highest BCUT2D eigenvalue weighted by Gasteiger charge is 2.43. The van der Waals surface area contributed by atoms with E-state index >= 15 is 0 Å². The molecular formula is C31H30BrN3O4. The first kappa shape index (κ1) is 26.7. The summed E-state index contributed by atoms with van der Waals surface area (Å²) in [4.78, 5) is 31.4. The first-order valence-corrected chi connectivity index (χ1v) is 13.6. The summed E-state index contributed by atoms with van der Waals surface area (Å²) in [5.41, 5.74) is 4.73. The molecule has 2 heterocycles. The number of fused-ring (bicyclic) bond motifs is 1. The summed E-state index contributed by atoms with van der Waals surface area (Å²) in [6.45, 7) is 4.07. The van der Waals surface area contributed by atoms with Crippen molar-refractivity contribution < 1.29 is 19.1 Å². The summed E-state index contributed by atoms with van der Waals surface area (Å²) in [7, 11) is 1.62. The van der Waals surface area contributed by atoms with Gasteiger partial charge < -0.3 is 20.1 Å². The molecule has 0 fully saturated rings. The lowest BCUT2D eigenvalue weighted by atomic mass is 9.70. The number of aromatic nitrogens is 1. The Morgan fingerprint density at radius 3 is 2.67 bits per heavy atom. The van der Waals surface area contributed by atoms with Gasteiger partial charge in [0.05, 0.1) is 17.5 Å². The van der Waals surface area contributed by atoms with Crippen LogP contribution in [0.1, 0.15) is 42.4 Å². The van der Waals surface area contributed by atoms with Crippen LogP contribution in [0, 0.1) is 12.8 Å². The number of benzene rings is 2. The normalized spacial score (nSPS) is 18.6. The molecule has 0 saturated carbocycles. The van der Waals surface area contributed by atoms with Gasteiger partial charge in [0, 0.05) is 41.1 Å². The molecule has 2 aromatic carbocycles. The van der Waals surface area contributed by atoms with Crippen LogP contribution in [-0.4, -0.2) is 23.8 Å². The van der Waals surface area contributed by atoms with E-state index in [2.05, 4.69) is 37.6 Å². The Hall–Kier alpha value is -3.91. The molecule has 2 N–H and O–H groups in total. The van der Waals surface area contributed by atoms with E-state index in [0.717, 1.165) is 26.9 Å². The van der Waals surface area contributed by atoms with Gasteiger partial charge in [-0.15, -0.1) is 0 Å². The van der Waals surface area contributed by atoms with Crippen LogP contribution in [0.3, 0.4) is 0 Å². The number of ether oxygens (including phenoxy) is 2. The van der Waals surface area contributed by atoms with E-state index in [9.17, 15) is 9.59 Å². The molecular weight excluding hydrogens is 558 g/mol. The molecule has 3 aromatic rings. The Balaban J connectivity index is 1.54. The molecule has 2 atom stereocenters. The van der Waals surface area contributed by atoms with E-state index < -0.39 is 11.8 Å². The molecule has 1 aliphatic carbocycles. The average Bonchev–Trinajstić information content (AvgIpc) is 2.93. The number of para-hydroxylation sites is 1. The summed E-state index contributed by atoms with van der Waals surface area (Å²) in [6.07, 6.45) is 4.90. The van der Waals surface area contributed by atoms with Crippen molar-refractivity contribution in [1.82, 2.24) is 10.3 Å². The van der Waals surface area contributed by atoms with E-state index in [-0.39, 0.29) is 18.3 Å². The second-order valence-electron chi connectivity index (χ2n) is 9.75. The molecule has 39 heavy (non-hydrogen) atoms. The topological polar surface area (TPSA) is 89.5 Å². The van der Waals surface area contributed by atoms with E-state index in [4.69, 9.17) is 9.47 Å². The highest BCUT2D eigenvalue weighted by atomic mass is 79.9. The minimum Gasteiger partial charge on any atom is -0.496 e. The zero-order chi connectivity index (χ0) is 27.5. The average molecular weight is 589 g/mol. The van der Waals surface area contributed by atoms with Crippen molar-refractivity contribution >= 4 is 33.4 Å². The van der Waals surface area contributed by atoms with E-state index in [1.807, 2.05) is 62.4 Å². The molecule has 5 rings (SSSR count). The van der Waals surface area contributed by atoms with Crippen molar-refractivity contribution in [3.05, 3.63) is 105 Å². The molecule has 0 saturated heterocycles. The molecule has 2 aliphatic rings. The van der Waals surface area contributed by atoms with Crippen LogP contribution < -0.4 is 20.1 Å². The number of aryl methyl sites for hydroxylation is 1. The summed E-state index contributed by atoms with van der Waals surface area (Å²) < 4.78 is 12.6. The molecule has 1 aliphatic heterocycles. The fourth-order valence-corrected chi connectivity index (χ4v) is 5.62. The molecule has 0 bridgehead atoms. The van der Waals surface area contributed by atoms with Gasteiger partial charge in [-0.05, 0) is 77.7 Å². The summed E-state index contributed by atoms with van der Waals surface area (Å²) in [5, 5.41) is 6.28. The van der Waals surface area contributed by atoms with Gasteiger partial charge in [0.2, 0.25) is 0 Å². The molecule has 1 amide bonds.